The van der Waals surface area contributed by atoms with Crippen LogP contribution in [0.5, 0.6) is 0 Å². The average Bonchev–Trinajstić information content (AvgIpc) is 2.51. The predicted octanol–water partition coefficient (Wildman–Crippen LogP) is 2.44. The van der Waals surface area contributed by atoms with Crippen LogP contribution in [-0.2, 0) is 0 Å². The minimum atomic E-state index is -0.0410. The molecule has 1 atom stereocenters. The molecule has 0 spiro atoms. The van der Waals surface area contributed by atoms with Crippen LogP contribution in [0, 0.1) is 5.92 Å². The number of amidine groups is 1. The third-order valence-corrected chi connectivity index (χ3v) is 3.45. The van der Waals surface area contributed by atoms with Crippen LogP contribution in [0.4, 0.5) is 5.82 Å². The maximum Gasteiger partial charge on any atom is 0.143 e. The molecule has 0 saturated heterocycles. The summed E-state index contributed by atoms with van der Waals surface area (Å²) in [5.41, 5.74) is 5.66. The average molecular weight is 272 g/mol. The Labute approximate surface area is 118 Å². The Morgan fingerprint density at radius 1 is 1.40 bits per heavy atom. The molecular formula is C15H20N4O. The molecule has 0 fully saturated rings. The van der Waals surface area contributed by atoms with E-state index in [4.69, 9.17) is 10.9 Å². The van der Waals surface area contributed by atoms with Crippen LogP contribution < -0.4 is 10.6 Å². The van der Waals surface area contributed by atoms with E-state index in [9.17, 15) is 0 Å². The van der Waals surface area contributed by atoms with Crippen molar-refractivity contribution in [2.45, 2.75) is 13.8 Å². The van der Waals surface area contributed by atoms with Gasteiger partial charge in [-0.25, -0.2) is 4.98 Å². The molecule has 1 aromatic heterocycles. The van der Waals surface area contributed by atoms with Crippen molar-refractivity contribution in [1.82, 2.24) is 4.98 Å². The number of hydrogen-bond donors (Lipinski definition) is 2. The van der Waals surface area contributed by atoms with Crippen LogP contribution in [0.2, 0.25) is 0 Å². The molecule has 0 saturated carbocycles. The maximum absolute atomic E-state index is 8.76. The zero-order chi connectivity index (χ0) is 14.5. The Morgan fingerprint density at radius 2 is 2.15 bits per heavy atom. The van der Waals surface area contributed by atoms with Gasteiger partial charge in [0.1, 0.15) is 11.7 Å². The minimum Gasteiger partial charge on any atom is -0.409 e. The third kappa shape index (κ3) is 2.82. The number of oxime groups is 1. The van der Waals surface area contributed by atoms with E-state index in [0.717, 1.165) is 23.1 Å². The molecule has 2 aromatic rings. The normalized spacial score (nSPS) is 13.4. The fourth-order valence-corrected chi connectivity index (χ4v) is 2.24. The number of rotatable bonds is 5. The van der Waals surface area contributed by atoms with E-state index in [1.165, 1.54) is 0 Å². The van der Waals surface area contributed by atoms with Gasteiger partial charge < -0.3 is 15.8 Å². The van der Waals surface area contributed by atoms with Crippen molar-refractivity contribution in [3.63, 3.8) is 0 Å². The zero-order valence-corrected chi connectivity index (χ0v) is 11.8. The van der Waals surface area contributed by atoms with Gasteiger partial charge in [0.05, 0.1) is 0 Å². The second-order valence-electron chi connectivity index (χ2n) is 4.82. The molecule has 0 amide bonds. The molecular weight excluding hydrogens is 252 g/mol. The molecule has 0 radical (unpaired) electrons. The number of aromatic nitrogens is 1. The summed E-state index contributed by atoms with van der Waals surface area (Å²) in [5.74, 6) is 1.13. The van der Waals surface area contributed by atoms with E-state index in [1.807, 2.05) is 31.3 Å². The Bertz CT molecular complexity index is 606. The van der Waals surface area contributed by atoms with Crippen molar-refractivity contribution in [3.8, 4) is 0 Å². The molecule has 106 valence electrons. The van der Waals surface area contributed by atoms with Crippen molar-refractivity contribution in [2.75, 3.05) is 18.0 Å². The van der Waals surface area contributed by atoms with Crippen LogP contribution in [0.25, 0.3) is 10.8 Å². The van der Waals surface area contributed by atoms with Crippen molar-refractivity contribution in [2.24, 2.45) is 16.8 Å². The number of benzene rings is 1. The lowest BCUT2D eigenvalue weighted by Crippen LogP contribution is -2.35. The van der Waals surface area contributed by atoms with Gasteiger partial charge in [0.15, 0.2) is 0 Å². The molecule has 2 rings (SSSR count). The molecule has 5 heteroatoms. The summed E-state index contributed by atoms with van der Waals surface area (Å²) in [6.07, 6.45) is 1.81. The molecule has 1 aromatic carbocycles. The lowest BCUT2D eigenvalue weighted by atomic mass is 10.1. The highest BCUT2D eigenvalue weighted by Crippen LogP contribution is 2.24. The van der Waals surface area contributed by atoms with Crippen LogP contribution in [0.1, 0.15) is 13.8 Å². The highest BCUT2D eigenvalue weighted by molar-refractivity contribution is 5.92. The first-order chi connectivity index (χ1) is 9.67. The van der Waals surface area contributed by atoms with E-state index >= 15 is 0 Å². The molecule has 5 nitrogen and oxygen atoms in total. The summed E-state index contributed by atoms with van der Waals surface area (Å²) in [6, 6.07) is 10.2. The van der Waals surface area contributed by atoms with Gasteiger partial charge in [-0.05, 0) is 18.4 Å². The van der Waals surface area contributed by atoms with Gasteiger partial charge in [-0.1, -0.05) is 36.3 Å². The quantitative estimate of drug-likeness (QED) is 0.379. The first-order valence-electron chi connectivity index (χ1n) is 6.73. The Morgan fingerprint density at radius 3 is 2.85 bits per heavy atom. The Kier molecular flexibility index (Phi) is 4.40. The topological polar surface area (TPSA) is 74.7 Å². The summed E-state index contributed by atoms with van der Waals surface area (Å²) in [6.45, 7) is 5.47. The number of nitrogens with zero attached hydrogens (tertiary/aromatic N) is 3. The highest BCUT2D eigenvalue weighted by atomic mass is 16.4. The molecule has 0 aliphatic heterocycles. The van der Waals surface area contributed by atoms with Gasteiger partial charge in [-0.2, -0.15) is 0 Å². The second-order valence-corrected chi connectivity index (χ2v) is 4.82. The SMILES string of the molecule is CCN(CC(C)/C(N)=N/O)c1nccc2ccccc12. The summed E-state index contributed by atoms with van der Waals surface area (Å²) in [7, 11) is 0. The summed E-state index contributed by atoms with van der Waals surface area (Å²) in [5, 5.41) is 14.1. The largest absolute Gasteiger partial charge is 0.409 e. The summed E-state index contributed by atoms with van der Waals surface area (Å²) >= 11 is 0. The van der Waals surface area contributed by atoms with Gasteiger partial charge in [0.2, 0.25) is 0 Å². The number of pyridine rings is 1. The Balaban J connectivity index is 2.35. The maximum atomic E-state index is 8.76. The first kappa shape index (κ1) is 14.1. The number of anilines is 1. The fraction of sp³-hybridized carbons (Fsp3) is 0.333. The zero-order valence-electron chi connectivity index (χ0n) is 11.8. The van der Waals surface area contributed by atoms with Gasteiger partial charge in [-0.15, -0.1) is 0 Å². The molecule has 3 N–H and O–H groups in total. The fourth-order valence-electron chi connectivity index (χ4n) is 2.24. The van der Waals surface area contributed by atoms with Gasteiger partial charge >= 0.3 is 0 Å². The van der Waals surface area contributed by atoms with Crippen molar-refractivity contribution in [3.05, 3.63) is 36.5 Å². The molecule has 0 aliphatic carbocycles. The standard InChI is InChI=1S/C15H20N4O/c1-3-19(10-11(2)14(16)18-20)15-13-7-5-4-6-12(13)8-9-17-15/h4-9,11,20H,3,10H2,1-2H3,(H2,16,18). The molecule has 0 bridgehead atoms. The first-order valence-corrected chi connectivity index (χ1v) is 6.73. The highest BCUT2D eigenvalue weighted by Gasteiger charge is 2.15. The van der Waals surface area contributed by atoms with E-state index in [1.54, 1.807) is 0 Å². The van der Waals surface area contributed by atoms with Gasteiger partial charge in [0.25, 0.3) is 0 Å². The van der Waals surface area contributed by atoms with E-state index in [-0.39, 0.29) is 11.8 Å². The smallest absolute Gasteiger partial charge is 0.143 e. The Hall–Kier alpha value is -2.30. The second kappa shape index (κ2) is 6.23. The van der Waals surface area contributed by atoms with Crippen LogP contribution in [0.15, 0.2) is 41.7 Å². The molecule has 1 unspecified atom stereocenters. The number of hydrogen-bond acceptors (Lipinski definition) is 4. The molecule has 1 heterocycles. The van der Waals surface area contributed by atoms with Crippen LogP contribution >= 0.6 is 0 Å². The van der Waals surface area contributed by atoms with Gasteiger partial charge in [0, 0.05) is 30.6 Å². The van der Waals surface area contributed by atoms with Crippen molar-refractivity contribution >= 4 is 22.4 Å². The third-order valence-electron chi connectivity index (χ3n) is 3.45. The summed E-state index contributed by atoms with van der Waals surface area (Å²) < 4.78 is 0. The molecule has 20 heavy (non-hydrogen) atoms. The lowest BCUT2D eigenvalue weighted by molar-refractivity contribution is 0.314. The van der Waals surface area contributed by atoms with Crippen molar-refractivity contribution in [1.29, 1.82) is 0 Å². The lowest BCUT2D eigenvalue weighted by Gasteiger charge is -2.26. The monoisotopic (exact) mass is 272 g/mol. The van der Waals surface area contributed by atoms with E-state index in [0.29, 0.717) is 6.54 Å². The number of nitrogens with two attached hydrogens (primary N) is 1. The van der Waals surface area contributed by atoms with Crippen LogP contribution in [-0.4, -0.2) is 29.1 Å². The predicted molar refractivity (Wildman–Crippen MR) is 82.2 cm³/mol. The van der Waals surface area contributed by atoms with Crippen LogP contribution in [0.3, 0.4) is 0 Å². The minimum absolute atomic E-state index is 0.0410. The number of fused-ring (bicyclic) bond motifs is 1. The van der Waals surface area contributed by atoms with E-state index < -0.39 is 0 Å². The van der Waals surface area contributed by atoms with Crippen molar-refractivity contribution < 1.29 is 5.21 Å². The van der Waals surface area contributed by atoms with E-state index in [2.05, 4.69) is 34.1 Å². The molecule has 0 aliphatic rings. The van der Waals surface area contributed by atoms with Gasteiger partial charge in [-0.3, -0.25) is 0 Å². The summed E-state index contributed by atoms with van der Waals surface area (Å²) in [4.78, 5) is 6.64.